The highest BCUT2D eigenvalue weighted by Crippen LogP contribution is 2.36. The topological polar surface area (TPSA) is 55.6 Å². The van der Waals surface area contributed by atoms with Crippen molar-refractivity contribution in [3.63, 3.8) is 0 Å². The van der Waals surface area contributed by atoms with Crippen LogP contribution in [0.1, 0.15) is 39.5 Å². The molecule has 0 spiro atoms. The Hall–Kier alpha value is -0.610. The average molecular weight is 242 g/mol. The molecule has 1 fully saturated rings. The van der Waals surface area contributed by atoms with Gasteiger partial charge in [-0.2, -0.15) is 0 Å². The summed E-state index contributed by atoms with van der Waals surface area (Å²) in [5, 5.41) is 0. The Morgan fingerprint density at radius 2 is 2.00 bits per heavy atom. The van der Waals surface area contributed by atoms with Gasteiger partial charge < -0.3 is 15.4 Å². The normalized spacial score (nSPS) is 22.5. The number of carbonyl (C=O) groups excluding carboxylic acids is 1. The van der Waals surface area contributed by atoms with Crippen LogP contribution in [0.25, 0.3) is 0 Å². The Balaban J connectivity index is 2.39. The minimum Gasteiger partial charge on any atom is -0.468 e. The summed E-state index contributed by atoms with van der Waals surface area (Å²) in [5.41, 5.74) is 6.25. The van der Waals surface area contributed by atoms with Crippen LogP contribution in [-0.4, -0.2) is 43.7 Å². The lowest BCUT2D eigenvalue weighted by Gasteiger charge is -2.39. The highest BCUT2D eigenvalue weighted by molar-refractivity contribution is 5.75. The van der Waals surface area contributed by atoms with Crippen LogP contribution in [0, 0.1) is 5.41 Å². The summed E-state index contributed by atoms with van der Waals surface area (Å²) >= 11 is 0. The van der Waals surface area contributed by atoms with Crippen molar-refractivity contribution in [3.8, 4) is 0 Å². The first-order chi connectivity index (χ1) is 7.85. The number of hydrogen-bond acceptors (Lipinski definition) is 4. The molecule has 1 unspecified atom stereocenters. The fourth-order valence-corrected chi connectivity index (χ4v) is 2.51. The maximum absolute atomic E-state index is 11.3. The first-order valence-electron chi connectivity index (χ1n) is 6.39. The van der Waals surface area contributed by atoms with E-state index in [0.29, 0.717) is 18.0 Å². The second kappa shape index (κ2) is 5.83. The number of methoxy groups -OCH3 is 1. The van der Waals surface area contributed by atoms with Crippen LogP contribution in [0.2, 0.25) is 0 Å². The molecule has 17 heavy (non-hydrogen) atoms. The van der Waals surface area contributed by atoms with Gasteiger partial charge in [0.25, 0.3) is 0 Å². The van der Waals surface area contributed by atoms with E-state index >= 15 is 0 Å². The third-order valence-electron chi connectivity index (χ3n) is 3.92. The lowest BCUT2D eigenvalue weighted by Crippen LogP contribution is -2.46. The molecule has 0 amide bonds. The van der Waals surface area contributed by atoms with Crippen LogP contribution < -0.4 is 5.73 Å². The van der Waals surface area contributed by atoms with Crippen LogP contribution in [0.3, 0.4) is 0 Å². The van der Waals surface area contributed by atoms with Gasteiger partial charge in [0.2, 0.25) is 0 Å². The Morgan fingerprint density at radius 1 is 1.47 bits per heavy atom. The number of carbonyl (C=O) groups is 1. The minimum atomic E-state index is -0.528. The van der Waals surface area contributed by atoms with Crippen molar-refractivity contribution < 1.29 is 9.53 Å². The smallest absolute Gasteiger partial charge is 0.323 e. The molecule has 4 nitrogen and oxygen atoms in total. The zero-order chi connectivity index (χ0) is 13.1. The summed E-state index contributed by atoms with van der Waals surface area (Å²) in [7, 11) is 3.43. The molecule has 4 heteroatoms. The molecular weight excluding hydrogens is 216 g/mol. The third-order valence-corrected chi connectivity index (χ3v) is 3.92. The van der Waals surface area contributed by atoms with Gasteiger partial charge in [0.15, 0.2) is 0 Å². The van der Waals surface area contributed by atoms with E-state index in [2.05, 4.69) is 23.5 Å². The predicted molar refractivity (Wildman–Crippen MR) is 68.7 cm³/mol. The number of esters is 1. The van der Waals surface area contributed by atoms with Crippen molar-refractivity contribution in [2.24, 2.45) is 11.1 Å². The van der Waals surface area contributed by atoms with Gasteiger partial charge in [0.1, 0.15) is 6.04 Å². The lowest BCUT2D eigenvalue weighted by atomic mass is 9.75. The molecule has 0 bridgehead atoms. The Kier molecular flexibility index (Phi) is 4.95. The van der Waals surface area contributed by atoms with Crippen molar-refractivity contribution in [1.29, 1.82) is 0 Å². The average Bonchev–Trinajstić information content (AvgIpc) is 2.27. The molecule has 0 saturated heterocycles. The first-order valence-corrected chi connectivity index (χ1v) is 6.39. The van der Waals surface area contributed by atoms with Crippen molar-refractivity contribution >= 4 is 5.97 Å². The van der Waals surface area contributed by atoms with Crippen molar-refractivity contribution in [1.82, 2.24) is 4.90 Å². The molecule has 1 rings (SSSR count). The van der Waals surface area contributed by atoms with Crippen molar-refractivity contribution in [2.45, 2.75) is 51.6 Å². The summed E-state index contributed by atoms with van der Waals surface area (Å²) in [4.78, 5) is 13.5. The lowest BCUT2D eigenvalue weighted by molar-refractivity contribution is -0.142. The van der Waals surface area contributed by atoms with E-state index in [1.807, 2.05) is 7.05 Å². The third kappa shape index (κ3) is 4.28. The van der Waals surface area contributed by atoms with Crippen molar-refractivity contribution in [3.05, 3.63) is 0 Å². The van der Waals surface area contributed by atoms with Crippen LogP contribution in [0.5, 0.6) is 0 Å². The molecule has 0 radical (unpaired) electrons. The van der Waals surface area contributed by atoms with E-state index in [4.69, 9.17) is 5.73 Å². The molecule has 2 N–H and O–H groups in total. The molecule has 1 saturated carbocycles. The number of likely N-dealkylation sites (N-methyl/N-ethyl adjacent to an activating group) is 1. The molecule has 0 aromatic rings. The minimum absolute atomic E-state index is 0.326. The maximum atomic E-state index is 11.3. The van der Waals surface area contributed by atoms with Gasteiger partial charge in [-0.15, -0.1) is 0 Å². The quantitative estimate of drug-likeness (QED) is 0.757. The molecule has 1 aliphatic rings. The van der Waals surface area contributed by atoms with Crippen LogP contribution in [-0.2, 0) is 9.53 Å². The Morgan fingerprint density at radius 3 is 2.47 bits per heavy atom. The molecule has 0 aromatic heterocycles. The van der Waals surface area contributed by atoms with Gasteiger partial charge in [0, 0.05) is 12.6 Å². The molecule has 0 heterocycles. The second-order valence-corrected chi connectivity index (χ2v) is 5.96. The fourth-order valence-electron chi connectivity index (χ4n) is 2.51. The standard InChI is InChI=1S/C13H26N2O2/c1-13(2)7-5-10(6-8-13)15(3)9-11(14)12(16)17-4/h10-11H,5-9,14H2,1-4H3. The molecule has 1 atom stereocenters. The highest BCUT2D eigenvalue weighted by Gasteiger charge is 2.30. The van der Waals surface area contributed by atoms with E-state index < -0.39 is 6.04 Å². The number of rotatable bonds is 4. The van der Waals surface area contributed by atoms with Gasteiger partial charge in [-0.25, -0.2) is 0 Å². The van der Waals surface area contributed by atoms with Gasteiger partial charge in [-0.3, -0.25) is 4.79 Å². The largest absolute Gasteiger partial charge is 0.468 e. The van der Waals surface area contributed by atoms with E-state index in [1.165, 1.54) is 32.8 Å². The first kappa shape index (κ1) is 14.5. The predicted octanol–water partition coefficient (Wildman–Crippen LogP) is 1.39. The second-order valence-electron chi connectivity index (χ2n) is 5.96. The van der Waals surface area contributed by atoms with E-state index in [-0.39, 0.29) is 5.97 Å². The van der Waals surface area contributed by atoms with Crippen molar-refractivity contribution in [2.75, 3.05) is 20.7 Å². The number of ether oxygens (including phenoxy) is 1. The van der Waals surface area contributed by atoms with Gasteiger partial charge in [-0.05, 0) is 38.1 Å². The SMILES string of the molecule is COC(=O)C(N)CN(C)C1CCC(C)(C)CC1. The van der Waals surface area contributed by atoms with Crippen LogP contribution in [0.4, 0.5) is 0 Å². The van der Waals surface area contributed by atoms with Gasteiger partial charge >= 0.3 is 5.97 Å². The molecule has 0 aromatic carbocycles. The summed E-state index contributed by atoms with van der Waals surface area (Å²) in [5.74, 6) is -0.326. The monoisotopic (exact) mass is 242 g/mol. The molecular formula is C13H26N2O2. The van der Waals surface area contributed by atoms with Crippen LogP contribution in [0.15, 0.2) is 0 Å². The molecule has 100 valence electrons. The van der Waals surface area contributed by atoms with E-state index in [1.54, 1.807) is 0 Å². The number of hydrogen-bond donors (Lipinski definition) is 1. The zero-order valence-corrected chi connectivity index (χ0v) is 11.5. The zero-order valence-electron chi connectivity index (χ0n) is 11.5. The summed E-state index contributed by atoms with van der Waals surface area (Å²) in [6, 6.07) is 0.0265. The van der Waals surface area contributed by atoms with Crippen LogP contribution >= 0.6 is 0 Å². The summed E-state index contributed by atoms with van der Waals surface area (Å²) in [6.07, 6.45) is 4.87. The van der Waals surface area contributed by atoms with E-state index in [9.17, 15) is 4.79 Å². The van der Waals surface area contributed by atoms with Gasteiger partial charge in [0.05, 0.1) is 7.11 Å². The van der Waals surface area contributed by atoms with Gasteiger partial charge in [-0.1, -0.05) is 13.8 Å². The number of nitrogens with zero attached hydrogens (tertiary/aromatic N) is 1. The van der Waals surface area contributed by atoms with E-state index in [0.717, 1.165) is 0 Å². The highest BCUT2D eigenvalue weighted by atomic mass is 16.5. The Bertz CT molecular complexity index is 256. The number of nitrogens with two attached hydrogens (primary N) is 1. The summed E-state index contributed by atoms with van der Waals surface area (Å²) < 4.78 is 4.64. The summed E-state index contributed by atoms with van der Waals surface area (Å²) in [6.45, 7) is 5.23. The molecule has 0 aliphatic heterocycles. The fraction of sp³-hybridized carbons (Fsp3) is 0.923. The maximum Gasteiger partial charge on any atom is 0.323 e. The Labute approximate surface area is 104 Å². The molecule has 1 aliphatic carbocycles.